The van der Waals surface area contributed by atoms with E-state index in [1.54, 1.807) is 45.0 Å². The van der Waals surface area contributed by atoms with Crippen molar-refractivity contribution in [3.05, 3.63) is 65.7 Å². The van der Waals surface area contributed by atoms with E-state index in [1.165, 1.54) is 0 Å². The molecule has 2 rings (SSSR count). The van der Waals surface area contributed by atoms with Crippen LogP contribution in [0.2, 0.25) is 0 Å². The van der Waals surface area contributed by atoms with Crippen LogP contribution >= 0.6 is 0 Å². The first-order chi connectivity index (χ1) is 12.2. The molecule has 2 aromatic rings. The van der Waals surface area contributed by atoms with Gasteiger partial charge in [-0.25, -0.2) is 4.79 Å². The van der Waals surface area contributed by atoms with Crippen molar-refractivity contribution in [3.8, 4) is 0 Å². The van der Waals surface area contributed by atoms with Crippen molar-refractivity contribution in [2.45, 2.75) is 38.8 Å². The Morgan fingerprint density at radius 3 is 2.23 bits per heavy atom. The van der Waals surface area contributed by atoms with Gasteiger partial charge in [0.25, 0.3) is 0 Å². The Hall–Kier alpha value is -2.70. The van der Waals surface area contributed by atoms with E-state index < -0.39 is 17.6 Å². The van der Waals surface area contributed by atoms with Crippen LogP contribution in [0.3, 0.4) is 0 Å². The molecule has 138 valence electrons. The maximum absolute atomic E-state index is 12.2. The van der Waals surface area contributed by atoms with Crippen LogP contribution in [-0.2, 0) is 21.0 Å². The van der Waals surface area contributed by atoms with E-state index in [-0.39, 0.29) is 5.91 Å². The van der Waals surface area contributed by atoms with E-state index in [0.717, 1.165) is 5.56 Å². The second kappa shape index (κ2) is 8.60. The number of hydrogen-bond acceptors (Lipinski definition) is 5. The zero-order chi connectivity index (χ0) is 19.2. The van der Waals surface area contributed by atoms with Gasteiger partial charge < -0.3 is 11.1 Å². The SMILES string of the molecule is CC(C)(C)OOC(=O)c1ccc(NC(=O)[C@@H](N)Cc2ccccc2)cc1. The van der Waals surface area contributed by atoms with Crippen LogP contribution in [-0.4, -0.2) is 23.5 Å². The third-order valence-corrected chi connectivity index (χ3v) is 3.39. The average molecular weight is 356 g/mol. The number of rotatable bonds is 6. The van der Waals surface area contributed by atoms with Gasteiger partial charge in [-0.2, -0.15) is 4.89 Å². The summed E-state index contributed by atoms with van der Waals surface area (Å²) in [5, 5.41) is 2.74. The van der Waals surface area contributed by atoms with Gasteiger partial charge in [0.15, 0.2) is 0 Å². The molecule has 0 saturated carbocycles. The Kier molecular flexibility index (Phi) is 6.49. The molecule has 3 N–H and O–H groups in total. The molecular weight excluding hydrogens is 332 g/mol. The molecule has 26 heavy (non-hydrogen) atoms. The number of nitrogens with one attached hydrogen (secondary N) is 1. The fourth-order valence-electron chi connectivity index (χ4n) is 2.10. The summed E-state index contributed by atoms with van der Waals surface area (Å²) in [7, 11) is 0. The number of carbonyl (C=O) groups excluding carboxylic acids is 2. The lowest BCUT2D eigenvalue weighted by molar-refractivity contribution is -0.301. The molecule has 0 aliphatic rings. The molecule has 0 aliphatic heterocycles. The van der Waals surface area contributed by atoms with Gasteiger partial charge in [-0.15, -0.1) is 0 Å². The molecule has 0 bridgehead atoms. The van der Waals surface area contributed by atoms with Gasteiger partial charge in [-0.05, 0) is 57.0 Å². The number of nitrogens with two attached hydrogens (primary N) is 1. The van der Waals surface area contributed by atoms with Crippen molar-refractivity contribution >= 4 is 17.6 Å². The van der Waals surface area contributed by atoms with E-state index >= 15 is 0 Å². The molecular formula is C20H24N2O4. The lowest BCUT2D eigenvalue weighted by Crippen LogP contribution is -2.37. The molecule has 2 aromatic carbocycles. The summed E-state index contributed by atoms with van der Waals surface area (Å²) in [6.45, 7) is 5.33. The topological polar surface area (TPSA) is 90.6 Å². The van der Waals surface area contributed by atoms with Crippen molar-refractivity contribution in [3.63, 3.8) is 0 Å². The Labute approximate surface area is 153 Å². The molecule has 6 nitrogen and oxygen atoms in total. The van der Waals surface area contributed by atoms with Gasteiger partial charge >= 0.3 is 5.97 Å². The van der Waals surface area contributed by atoms with Gasteiger partial charge in [-0.1, -0.05) is 30.3 Å². The van der Waals surface area contributed by atoms with Crippen LogP contribution in [0.5, 0.6) is 0 Å². The molecule has 0 aromatic heterocycles. The second-order valence-electron chi connectivity index (χ2n) is 6.93. The fourth-order valence-corrected chi connectivity index (χ4v) is 2.10. The summed E-state index contributed by atoms with van der Waals surface area (Å²) in [4.78, 5) is 33.8. The molecule has 1 amide bonds. The average Bonchev–Trinajstić information content (AvgIpc) is 2.60. The summed E-state index contributed by atoms with van der Waals surface area (Å²) in [6.07, 6.45) is 0.446. The van der Waals surface area contributed by atoms with Gasteiger partial charge in [0.2, 0.25) is 5.91 Å². The normalized spacial score (nSPS) is 12.3. The van der Waals surface area contributed by atoms with E-state index in [2.05, 4.69) is 5.32 Å². The smallest absolute Gasteiger partial charge is 0.325 e. The molecule has 1 atom stereocenters. The zero-order valence-corrected chi connectivity index (χ0v) is 15.2. The van der Waals surface area contributed by atoms with E-state index in [9.17, 15) is 9.59 Å². The lowest BCUT2D eigenvalue weighted by Gasteiger charge is -2.16. The first-order valence-electron chi connectivity index (χ1n) is 8.35. The van der Waals surface area contributed by atoms with Crippen LogP contribution in [0.4, 0.5) is 5.69 Å². The van der Waals surface area contributed by atoms with Crippen LogP contribution in [0.1, 0.15) is 36.7 Å². The standard InChI is InChI=1S/C20H24N2O4/c1-20(2,3)26-25-19(24)15-9-11-16(12-10-15)22-18(23)17(21)13-14-7-5-4-6-8-14/h4-12,17H,13,21H2,1-3H3,(H,22,23)/t17-/m0/s1. The van der Waals surface area contributed by atoms with Crippen molar-refractivity contribution in [1.82, 2.24) is 0 Å². The maximum Gasteiger partial charge on any atom is 0.373 e. The summed E-state index contributed by atoms with van der Waals surface area (Å²) in [5.41, 5.74) is 7.23. The minimum Gasteiger partial charge on any atom is -0.325 e. The fraction of sp³-hybridized carbons (Fsp3) is 0.300. The molecule has 0 aliphatic carbocycles. The Balaban J connectivity index is 1.89. The molecule has 6 heteroatoms. The summed E-state index contributed by atoms with van der Waals surface area (Å²) in [6, 6.07) is 15.2. The van der Waals surface area contributed by atoms with Crippen LogP contribution in [0, 0.1) is 0 Å². The quantitative estimate of drug-likeness (QED) is 0.613. The lowest BCUT2D eigenvalue weighted by atomic mass is 10.1. The van der Waals surface area contributed by atoms with Crippen LogP contribution < -0.4 is 11.1 Å². The summed E-state index contributed by atoms with van der Waals surface area (Å²) in [5.74, 6) is -0.890. The highest BCUT2D eigenvalue weighted by atomic mass is 17.2. The van der Waals surface area contributed by atoms with Crippen molar-refractivity contribution in [1.29, 1.82) is 0 Å². The minimum atomic E-state index is -0.665. The minimum absolute atomic E-state index is 0.291. The highest BCUT2D eigenvalue weighted by Gasteiger charge is 2.17. The monoisotopic (exact) mass is 356 g/mol. The van der Waals surface area contributed by atoms with E-state index in [4.69, 9.17) is 15.5 Å². The molecule has 0 heterocycles. The maximum atomic E-state index is 12.2. The van der Waals surface area contributed by atoms with Gasteiger partial charge in [0.1, 0.15) is 5.60 Å². The number of benzene rings is 2. The predicted octanol–water partition coefficient (Wildman–Crippen LogP) is 3.08. The highest BCUT2D eigenvalue weighted by molar-refractivity contribution is 5.95. The molecule has 0 unspecified atom stereocenters. The second-order valence-corrected chi connectivity index (χ2v) is 6.93. The Bertz CT molecular complexity index is 737. The van der Waals surface area contributed by atoms with Crippen molar-refractivity contribution < 1.29 is 19.4 Å². The van der Waals surface area contributed by atoms with E-state index in [1.807, 2.05) is 30.3 Å². The van der Waals surface area contributed by atoms with Gasteiger partial charge in [-0.3, -0.25) is 9.68 Å². The Morgan fingerprint density at radius 2 is 1.65 bits per heavy atom. The van der Waals surface area contributed by atoms with Crippen LogP contribution in [0.15, 0.2) is 54.6 Å². The first-order valence-corrected chi connectivity index (χ1v) is 8.35. The largest absolute Gasteiger partial charge is 0.373 e. The third kappa shape index (κ3) is 6.31. The van der Waals surface area contributed by atoms with Gasteiger partial charge in [0, 0.05) is 5.69 Å². The number of hydrogen-bond donors (Lipinski definition) is 2. The highest BCUT2D eigenvalue weighted by Crippen LogP contribution is 2.14. The number of anilines is 1. The van der Waals surface area contributed by atoms with Crippen molar-refractivity contribution in [2.24, 2.45) is 5.73 Å². The van der Waals surface area contributed by atoms with Crippen molar-refractivity contribution in [2.75, 3.05) is 5.32 Å². The third-order valence-electron chi connectivity index (χ3n) is 3.39. The first kappa shape index (κ1) is 19.6. The molecule has 0 saturated heterocycles. The number of amides is 1. The number of carbonyl (C=O) groups is 2. The predicted molar refractivity (Wildman–Crippen MR) is 99.4 cm³/mol. The molecule has 0 radical (unpaired) electrons. The zero-order valence-electron chi connectivity index (χ0n) is 15.2. The molecule has 0 spiro atoms. The molecule has 0 fully saturated rings. The summed E-state index contributed by atoms with van der Waals surface area (Å²) >= 11 is 0. The van der Waals surface area contributed by atoms with Crippen LogP contribution in [0.25, 0.3) is 0 Å². The van der Waals surface area contributed by atoms with Gasteiger partial charge in [0.05, 0.1) is 11.6 Å². The summed E-state index contributed by atoms with van der Waals surface area (Å²) < 4.78 is 0. The van der Waals surface area contributed by atoms with E-state index in [0.29, 0.717) is 17.7 Å². The Morgan fingerprint density at radius 1 is 1.04 bits per heavy atom.